The predicted octanol–water partition coefficient (Wildman–Crippen LogP) is 16.8. The van der Waals surface area contributed by atoms with E-state index in [4.69, 9.17) is 18.9 Å². The number of carboxylic acids is 1. The largest absolute Gasteiger partial charge is 0.545 e. The van der Waals surface area contributed by atoms with Crippen LogP contribution in [-0.2, 0) is 33.3 Å². The number of aliphatic carboxylic acids is 1. The standard InChI is InChI=1S/C66H113NO8/c1-6-8-10-12-14-16-18-19-20-21-22-23-24-25-26-27-28-29-30-31-32-33-34-35-36-37-38-39-40-41-42-43-44-45-47-49-51-53-55-57-64(69)75-62(61-74-66(65(70)71)72-59-58-67(3,4)5)60-73-63(68)56-54-52-50-48-46-17-15-13-11-9-7-2/h8,10,13-16,19-20,22-23,25-26,28-29,31-32,62,66H,6-7,9,11-12,17-18,21,24,27,30,33-61H2,1-5H3/b10-8-,15-13-,16-14-,20-19-,23-22-,26-25-,29-28-,32-31-. The van der Waals surface area contributed by atoms with E-state index in [1.165, 1.54) is 103 Å². The predicted molar refractivity (Wildman–Crippen MR) is 315 cm³/mol. The lowest BCUT2D eigenvalue weighted by atomic mass is 10.0. The molecule has 0 saturated heterocycles. The molecule has 75 heavy (non-hydrogen) atoms. The first-order valence-electron chi connectivity index (χ1n) is 30.4. The van der Waals surface area contributed by atoms with Crippen LogP contribution in [0, 0.1) is 0 Å². The molecule has 0 bridgehead atoms. The molecule has 0 fully saturated rings. The smallest absolute Gasteiger partial charge is 0.306 e. The van der Waals surface area contributed by atoms with E-state index in [2.05, 4.69) is 111 Å². The summed E-state index contributed by atoms with van der Waals surface area (Å²) in [7, 11) is 5.91. The maximum Gasteiger partial charge on any atom is 0.306 e. The average Bonchev–Trinajstić information content (AvgIpc) is 3.38. The van der Waals surface area contributed by atoms with Gasteiger partial charge in [-0.25, -0.2) is 0 Å². The summed E-state index contributed by atoms with van der Waals surface area (Å²) < 4.78 is 22.6. The minimum Gasteiger partial charge on any atom is -0.545 e. The van der Waals surface area contributed by atoms with Crippen molar-refractivity contribution in [2.45, 2.75) is 257 Å². The van der Waals surface area contributed by atoms with Gasteiger partial charge in [0.05, 0.1) is 40.3 Å². The van der Waals surface area contributed by atoms with Crippen LogP contribution in [-0.4, -0.2) is 82.3 Å². The highest BCUT2D eigenvalue weighted by Crippen LogP contribution is 2.16. The Morgan fingerprint density at radius 2 is 0.760 bits per heavy atom. The third-order valence-corrected chi connectivity index (χ3v) is 12.8. The van der Waals surface area contributed by atoms with Gasteiger partial charge < -0.3 is 33.3 Å². The van der Waals surface area contributed by atoms with Gasteiger partial charge in [0.2, 0.25) is 0 Å². The SMILES string of the molecule is CC/C=C\C/C=C\C/C=C\C/C=C\C/C=C\C/C=C\C/C=C\CCCCCCCCCCCCCCCCCCCC(=O)OC(COC(=O)CCCCCCC/C=C\CCCC)COC(OCC[N+](C)(C)C)C(=O)[O-]. The number of esters is 2. The van der Waals surface area contributed by atoms with Crippen molar-refractivity contribution in [2.24, 2.45) is 0 Å². The Balaban J connectivity index is 4.01. The van der Waals surface area contributed by atoms with Gasteiger partial charge in [-0.05, 0) is 89.9 Å². The summed E-state index contributed by atoms with van der Waals surface area (Å²) in [6.45, 7) is 4.58. The number of quaternary nitrogens is 1. The van der Waals surface area contributed by atoms with E-state index < -0.39 is 24.3 Å². The van der Waals surface area contributed by atoms with Crippen molar-refractivity contribution in [2.75, 3.05) is 47.5 Å². The van der Waals surface area contributed by atoms with E-state index in [1.54, 1.807) is 0 Å². The molecule has 2 atom stereocenters. The highest BCUT2D eigenvalue weighted by atomic mass is 16.7. The van der Waals surface area contributed by atoms with Gasteiger partial charge in [-0.1, -0.05) is 239 Å². The van der Waals surface area contributed by atoms with Crippen molar-refractivity contribution in [3.63, 3.8) is 0 Å². The minimum atomic E-state index is -1.62. The summed E-state index contributed by atoms with van der Waals surface area (Å²) in [5.41, 5.74) is 0. The van der Waals surface area contributed by atoms with Crippen LogP contribution in [0.4, 0.5) is 0 Å². The zero-order valence-electron chi connectivity index (χ0n) is 48.9. The van der Waals surface area contributed by atoms with Gasteiger partial charge >= 0.3 is 11.9 Å². The third kappa shape index (κ3) is 57.7. The van der Waals surface area contributed by atoms with Crippen LogP contribution in [0.1, 0.15) is 245 Å². The highest BCUT2D eigenvalue weighted by Gasteiger charge is 2.22. The van der Waals surface area contributed by atoms with E-state index >= 15 is 0 Å². The van der Waals surface area contributed by atoms with Gasteiger partial charge in [-0.15, -0.1) is 0 Å². The van der Waals surface area contributed by atoms with E-state index in [9.17, 15) is 19.5 Å². The number of hydrogen-bond acceptors (Lipinski definition) is 8. The molecule has 0 aromatic heterocycles. The van der Waals surface area contributed by atoms with E-state index in [-0.39, 0.29) is 38.6 Å². The number of rotatable bonds is 55. The van der Waals surface area contributed by atoms with E-state index in [0.717, 1.165) is 109 Å². The summed E-state index contributed by atoms with van der Waals surface area (Å²) in [5.74, 6) is -2.30. The van der Waals surface area contributed by atoms with Crippen molar-refractivity contribution in [3.8, 4) is 0 Å². The number of carbonyl (C=O) groups excluding carboxylic acids is 3. The fourth-order valence-electron chi connectivity index (χ4n) is 8.14. The molecular formula is C66H113NO8. The van der Waals surface area contributed by atoms with Crippen LogP contribution in [0.2, 0.25) is 0 Å². The van der Waals surface area contributed by atoms with Crippen LogP contribution in [0.5, 0.6) is 0 Å². The Morgan fingerprint density at radius 1 is 0.413 bits per heavy atom. The van der Waals surface area contributed by atoms with Crippen molar-refractivity contribution < 1.29 is 42.9 Å². The summed E-state index contributed by atoms with van der Waals surface area (Å²) in [6.07, 6.45) is 73.4. The lowest BCUT2D eigenvalue weighted by molar-refractivity contribution is -0.870. The number of likely N-dealkylation sites (N-methyl/N-ethyl adjacent to an activating group) is 1. The molecule has 9 nitrogen and oxygen atoms in total. The van der Waals surface area contributed by atoms with Crippen LogP contribution >= 0.6 is 0 Å². The monoisotopic (exact) mass is 1050 g/mol. The second kappa shape index (κ2) is 56.4. The Labute approximate surface area is 461 Å². The number of allylic oxidation sites excluding steroid dienone is 16. The maximum absolute atomic E-state index is 12.8. The van der Waals surface area contributed by atoms with Gasteiger partial charge in [0.1, 0.15) is 13.2 Å². The molecule has 430 valence electrons. The van der Waals surface area contributed by atoms with Gasteiger partial charge in [-0.2, -0.15) is 0 Å². The van der Waals surface area contributed by atoms with Crippen molar-refractivity contribution in [3.05, 3.63) is 97.2 Å². The summed E-state index contributed by atoms with van der Waals surface area (Å²) in [5, 5.41) is 11.7. The first-order chi connectivity index (χ1) is 36.6. The molecule has 0 aliphatic carbocycles. The zero-order valence-corrected chi connectivity index (χ0v) is 48.9. The Morgan fingerprint density at radius 3 is 1.15 bits per heavy atom. The molecule has 0 saturated carbocycles. The highest BCUT2D eigenvalue weighted by molar-refractivity contribution is 5.70. The first kappa shape index (κ1) is 71.2. The molecule has 0 aromatic rings. The minimum absolute atomic E-state index is 0.144. The third-order valence-electron chi connectivity index (χ3n) is 12.8. The van der Waals surface area contributed by atoms with Gasteiger partial charge in [0, 0.05) is 12.8 Å². The molecule has 0 amide bonds. The lowest BCUT2D eigenvalue weighted by Gasteiger charge is -2.26. The molecule has 0 spiro atoms. The number of nitrogens with zero attached hydrogens (tertiary/aromatic N) is 1. The normalized spacial score (nSPS) is 13.5. The molecule has 0 aliphatic rings. The van der Waals surface area contributed by atoms with Crippen LogP contribution < -0.4 is 5.11 Å². The van der Waals surface area contributed by atoms with Crippen molar-refractivity contribution in [1.29, 1.82) is 0 Å². The molecule has 9 heteroatoms. The Bertz CT molecular complexity index is 1550. The molecule has 2 unspecified atom stereocenters. The summed E-state index contributed by atoms with van der Waals surface area (Å²) in [6, 6.07) is 0. The molecular weight excluding hydrogens is 935 g/mol. The number of carbonyl (C=O) groups is 3. The zero-order chi connectivity index (χ0) is 54.8. The number of carboxylic acid groups (broad SMARTS) is 1. The van der Waals surface area contributed by atoms with E-state index in [1.807, 2.05) is 21.1 Å². The average molecular weight is 1050 g/mol. The molecule has 0 aromatic carbocycles. The molecule has 0 radical (unpaired) electrons. The molecule has 0 N–H and O–H groups in total. The fraction of sp³-hybridized carbons (Fsp3) is 0.712. The van der Waals surface area contributed by atoms with Gasteiger partial charge in [-0.3, -0.25) is 9.59 Å². The topological polar surface area (TPSA) is 111 Å². The summed E-state index contributed by atoms with van der Waals surface area (Å²) in [4.78, 5) is 37.2. The number of hydrogen-bond donors (Lipinski definition) is 0. The van der Waals surface area contributed by atoms with Gasteiger partial charge in [0.25, 0.3) is 0 Å². The van der Waals surface area contributed by atoms with Gasteiger partial charge in [0.15, 0.2) is 12.4 Å². The summed E-state index contributed by atoms with van der Waals surface area (Å²) >= 11 is 0. The van der Waals surface area contributed by atoms with Crippen LogP contribution in [0.25, 0.3) is 0 Å². The fourth-order valence-corrected chi connectivity index (χ4v) is 8.14. The van der Waals surface area contributed by atoms with Crippen LogP contribution in [0.15, 0.2) is 97.2 Å². The number of unbranched alkanes of at least 4 members (excludes halogenated alkanes) is 24. The first-order valence-corrected chi connectivity index (χ1v) is 30.4. The molecule has 0 aliphatic heterocycles. The van der Waals surface area contributed by atoms with Crippen molar-refractivity contribution in [1.82, 2.24) is 0 Å². The Kier molecular flexibility index (Phi) is 53.6. The van der Waals surface area contributed by atoms with Crippen LogP contribution in [0.3, 0.4) is 0 Å². The number of ether oxygens (including phenoxy) is 4. The molecule has 0 heterocycles. The second-order valence-corrected chi connectivity index (χ2v) is 21.3. The van der Waals surface area contributed by atoms with Crippen molar-refractivity contribution >= 4 is 17.9 Å². The lowest BCUT2D eigenvalue weighted by Crippen LogP contribution is -2.44. The Hall–Kier alpha value is -3.79. The second-order valence-electron chi connectivity index (χ2n) is 21.3. The quantitative estimate of drug-likeness (QED) is 0.0195. The molecule has 0 rings (SSSR count). The van der Waals surface area contributed by atoms with E-state index in [0.29, 0.717) is 17.4 Å². The maximum atomic E-state index is 12.8.